The monoisotopic (exact) mass is 304 g/mol. The second kappa shape index (κ2) is 5.80. The Labute approximate surface area is 132 Å². The van der Waals surface area contributed by atoms with E-state index in [1.54, 1.807) is 12.1 Å². The molecule has 1 aromatic heterocycles. The highest BCUT2D eigenvalue weighted by Crippen LogP contribution is 2.25. The van der Waals surface area contributed by atoms with Crippen molar-refractivity contribution in [2.75, 3.05) is 5.73 Å². The first kappa shape index (κ1) is 14.0. The molecule has 0 fully saturated rings. The number of H-pyrrole nitrogens is 1. The van der Waals surface area contributed by atoms with Gasteiger partial charge in [0.1, 0.15) is 22.1 Å². The van der Waals surface area contributed by atoms with Gasteiger partial charge in [-0.25, -0.2) is 4.98 Å². The molecule has 1 heterocycles. The van der Waals surface area contributed by atoms with E-state index >= 15 is 0 Å². The van der Waals surface area contributed by atoms with E-state index in [2.05, 4.69) is 16.0 Å². The Balaban J connectivity index is 2.24. The van der Waals surface area contributed by atoms with Crippen LogP contribution in [0.15, 0.2) is 54.6 Å². The van der Waals surface area contributed by atoms with Gasteiger partial charge in [0, 0.05) is 11.3 Å². The molecule has 3 N–H and O–H groups in total. The van der Waals surface area contributed by atoms with Crippen molar-refractivity contribution in [3.05, 3.63) is 64.8 Å². The molecule has 0 amide bonds. The molecule has 5 heteroatoms. The molecule has 0 aliphatic carbocycles. The SMILES string of the molecule is N#Cc1c(-c2ccccc2)[nH]c(-c2ccc(N)cc2)nc1=S. The fourth-order valence-electron chi connectivity index (χ4n) is 2.18. The third-order valence-electron chi connectivity index (χ3n) is 3.28. The highest BCUT2D eigenvalue weighted by atomic mass is 32.1. The fourth-order valence-corrected chi connectivity index (χ4v) is 2.41. The topological polar surface area (TPSA) is 78.5 Å². The summed E-state index contributed by atoms with van der Waals surface area (Å²) in [6.45, 7) is 0. The smallest absolute Gasteiger partial charge is 0.148 e. The van der Waals surface area contributed by atoms with E-state index in [9.17, 15) is 5.26 Å². The molecule has 22 heavy (non-hydrogen) atoms. The van der Waals surface area contributed by atoms with Crippen LogP contribution in [0.1, 0.15) is 5.56 Å². The minimum atomic E-state index is 0.284. The number of nitrogens with one attached hydrogen (secondary N) is 1. The number of rotatable bonds is 2. The predicted molar refractivity (Wildman–Crippen MR) is 89.4 cm³/mol. The van der Waals surface area contributed by atoms with Gasteiger partial charge in [0.15, 0.2) is 0 Å². The van der Waals surface area contributed by atoms with Gasteiger partial charge in [-0.3, -0.25) is 0 Å². The first-order valence-corrected chi connectivity index (χ1v) is 7.05. The summed E-state index contributed by atoms with van der Waals surface area (Å²) in [4.78, 5) is 7.54. The number of hydrogen-bond acceptors (Lipinski definition) is 4. The van der Waals surface area contributed by atoms with E-state index in [1.165, 1.54) is 0 Å². The molecule has 0 radical (unpaired) electrons. The Morgan fingerprint density at radius 1 is 1.00 bits per heavy atom. The molecule has 0 aliphatic heterocycles. The van der Waals surface area contributed by atoms with Crippen molar-refractivity contribution in [1.82, 2.24) is 9.97 Å². The van der Waals surface area contributed by atoms with Gasteiger partial charge in [-0.15, -0.1) is 0 Å². The zero-order valence-electron chi connectivity index (χ0n) is 11.6. The average Bonchev–Trinajstić information content (AvgIpc) is 2.55. The summed E-state index contributed by atoms with van der Waals surface area (Å²) in [5.41, 5.74) is 9.19. The van der Waals surface area contributed by atoms with E-state index in [0.717, 1.165) is 11.1 Å². The molecule has 0 bridgehead atoms. The number of anilines is 1. The molecule has 0 atom stereocenters. The summed E-state index contributed by atoms with van der Waals surface area (Å²) in [6.07, 6.45) is 0. The minimum Gasteiger partial charge on any atom is -0.399 e. The van der Waals surface area contributed by atoms with Crippen LogP contribution in [-0.2, 0) is 0 Å². The van der Waals surface area contributed by atoms with Crippen LogP contribution < -0.4 is 5.73 Å². The Kier molecular flexibility index (Phi) is 3.69. The largest absolute Gasteiger partial charge is 0.399 e. The third kappa shape index (κ3) is 2.60. The van der Waals surface area contributed by atoms with Crippen LogP contribution in [-0.4, -0.2) is 9.97 Å². The lowest BCUT2D eigenvalue weighted by atomic mass is 10.1. The highest BCUT2D eigenvalue weighted by Gasteiger charge is 2.11. The summed E-state index contributed by atoms with van der Waals surface area (Å²) in [7, 11) is 0. The number of benzene rings is 2. The molecule has 0 saturated carbocycles. The summed E-state index contributed by atoms with van der Waals surface area (Å²) in [5.74, 6) is 0.614. The maximum atomic E-state index is 9.37. The van der Waals surface area contributed by atoms with Crippen LogP contribution in [0.3, 0.4) is 0 Å². The molecular formula is C17H12N4S. The Morgan fingerprint density at radius 3 is 2.32 bits per heavy atom. The summed E-state index contributed by atoms with van der Waals surface area (Å²) in [6, 6.07) is 19.1. The van der Waals surface area contributed by atoms with Gasteiger partial charge in [0.2, 0.25) is 0 Å². The van der Waals surface area contributed by atoms with Crippen molar-refractivity contribution in [3.63, 3.8) is 0 Å². The van der Waals surface area contributed by atoms with Crippen LogP contribution in [0.25, 0.3) is 22.6 Å². The lowest BCUT2D eigenvalue weighted by Crippen LogP contribution is -1.98. The Bertz CT molecular complexity index is 906. The quantitative estimate of drug-likeness (QED) is 0.555. The predicted octanol–water partition coefficient (Wildman–Crippen LogP) is 3.93. The first-order chi connectivity index (χ1) is 10.7. The van der Waals surface area contributed by atoms with E-state index in [-0.39, 0.29) is 4.64 Å². The van der Waals surface area contributed by atoms with Gasteiger partial charge < -0.3 is 10.7 Å². The van der Waals surface area contributed by atoms with Crippen molar-refractivity contribution in [2.24, 2.45) is 0 Å². The molecule has 0 unspecified atom stereocenters. The lowest BCUT2D eigenvalue weighted by molar-refractivity contribution is 1.15. The normalized spacial score (nSPS) is 10.1. The molecule has 2 aromatic carbocycles. The maximum Gasteiger partial charge on any atom is 0.148 e. The Morgan fingerprint density at radius 2 is 1.68 bits per heavy atom. The summed E-state index contributed by atoms with van der Waals surface area (Å²) < 4.78 is 0.284. The van der Waals surface area contributed by atoms with Crippen molar-refractivity contribution in [2.45, 2.75) is 0 Å². The molecule has 0 saturated heterocycles. The number of nitrogen functional groups attached to an aromatic ring is 1. The van der Waals surface area contributed by atoms with Gasteiger partial charge in [-0.2, -0.15) is 5.26 Å². The maximum absolute atomic E-state index is 9.37. The molecule has 4 nitrogen and oxygen atoms in total. The number of hydrogen-bond donors (Lipinski definition) is 2. The highest BCUT2D eigenvalue weighted by molar-refractivity contribution is 7.71. The third-order valence-corrected chi connectivity index (χ3v) is 3.57. The van der Waals surface area contributed by atoms with Crippen LogP contribution in [0.5, 0.6) is 0 Å². The molecule has 3 aromatic rings. The second-order valence-corrected chi connectivity index (χ2v) is 5.13. The van der Waals surface area contributed by atoms with Crippen LogP contribution in [0, 0.1) is 16.0 Å². The molecule has 3 rings (SSSR count). The average molecular weight is 304 g/mol. The van der Waals surface area contributed by atoms with Crippen LogP contribution in [0.4, 0.5) is 5.69 Å². The standard InChI is InChI=1S/C17H12N4S/c18-10-14-15(11-4-2-1-3-5-11)20-16(21-17(14)22)12-6-8-13(19)9-7-12/h1-9H,19H2,(H,20,21,22). The zero-order valence-corrected chi connectivity index (χ0v) is 12.4. The first-order valence-electron chi connectivity index (χ1n) is 6.65. The van der Waals surface area contributed by atoms with Gasteiger partial charge in [0.05, 0.1) is 5.69 Å². The number of nitrogens with zero attached hydrogens (tertiary/aromatic N) is 2. The minimum absolute atomic E-state index is 0.284. The van der Waals surface area contributed by atoms with Crippen molar-refractivity contribution < 1.29 is 0 Å². The number of nitriles is 1. The number of nitrogens with two attached hydrogens (primary N) is 1. The van der Waals surface area contributed by atoms with Crippen molar-refractivity contribution in [3.8, 4) is 28.7 Å². The molecular weight excluding hydrogens is 292 g/mol. The Hall–Kier alpha value is -2.97. The van der Waals surface area contributed by atoms with Gasteiger partial charge in [-0.1, -0.05) is 42.5 Å². The van der Waals surface area contributed by atoms with E-state index in [4.69, 9.17) is 18.0 Å². The number of aromatic amines is 1. The molecule has 0 spiro atoms. The van der Waals surface area contributed by atoms with E-state index in [1.807, 2.05) is 42.5 Å². The van der Waals surface area contributed by atoms with Crippen LogP contribution >= 0.6 is 12.2 Å². The van der Waals surface area contributed by atoms with E-state index < -0.39 is 0 Å². The summed E-state index contributed by atoms with van der Waals surface area (Å²) >= 11 is 5.27. The van der Waals surface area contributed by atoms with Crippen LogP contribution in [0.2, 0.25) is 0 Å². The van der Waals surface area contributed by atoms with Gasteiger partial charge in [0.25, 0.3) is 0 Å². The number of aromatic nitrogens is 2. The molecule has 0 aliphatic rings. The summed E-state index contributed by atoms with van der Waals surface area (Å²) in [5, 5.41) is 9.37. The zero-order chi connectivity index (χ0) is 15.5. The van der Waals surface area contributed by atoms with Gasteiger partial charge >= 0.3 is 0 Å². The fraction of sp³-hybridized carbons (Fsp3) is 0. The van der Waals surface area contributed by atoms with E-state index in [0.29, 0.717) is 22.8 Å². The second-order valence-electron chi connectivity index (χ2n) is 4.74. The van der Waals surface area contributed by atoms with Crippen molar-refractivity contribution >= 4 is 17.9 Å². The lowest BCUT2D eigenvalue weighted by Gasteiger charge is -2.09. The van der Waals surface area contributed by atoms with Gasteiger partial charge in [-0.05, 0) is 29.8 Å². The molecule has 106 valence electrons. The van der Waals surface area contributed by atoms with Crippen molar-refractivity contribution in [1.29, 1.82) is 5.26 Å².